The summed E-state index contributed by atoms with van der Waals surface area (Å²) in [5.41, 5.74) is 0.297. The highest BCUT2D eigenvalue weighted by Gasteiger charge is 2.45. The van der Waals surface area contributed by atoms with Gasteiger partial charge in [-0.3, -0.25) is 28.5 Å². The van der Waals surface area contributed by atoms with Gasteiger partial charge >= 0.3 is 16.4 Å². The SMILES string of the molecule is CC(=O)N[C@@H]1[C@@H](O)[C@@H](O)[C@H](CO)O[C@@H]1NC(=O)C[C@@H](NC(C)=O)C(=O)N[C@@H](Cc1ccc(OS(=O)(=O)O)cc1)C(=O)N[C@@H](C(=O)O)C(C)C. The largest absolute Gasteiger partial charge is 0.480 e. The van der Waals surface area contributed by atoms with Gasteiger partial charge < -0.3 is 55.9 Å². The molecule has 0 aliphatic carbocycles. The lowest BCUT2D eigenvalue weighted by molar-refractivity contribution is -0.203. The highest BCUT2D eigenvalue weighted by molar-refractivity contribution is 7.81. The average molecular weight is 720 g/mol. The van der Waals surface area contributed by atoms with E-state index in [1.54, 1.807) is 0 Å². The molecular formula is C28H41N5O15S. The summed E-state index contributed by atoms with van der Waals surface area (Å²) in [4.78, 5) is 75.3. The number of hydrogen-bond donors (Lipinski definition) is 10. The fraction of sp³-hybridized carbons (Fsp3) is 0.571. The maximum absolute atomic E-state index is 13.5. The maximum atomic E-state index is 13.5. The molecule has 10 N–H and O–H groups in total. The first kappa shape index (κ1) is 40.8. The molecule has 1 fully saturated rings. The van der Waals surface area contributed by atoms with Crippen LogP contribution in [-0.2, 0) is 50.3 Å². The molecule has 0 spiro atoms. The second-order valence-corrected chi connectivity index (χ2v) is 12.5. The number of amides is 5. The molecule has 0 bridgehead atoms. The van der Waals surface area contributed by atoms with Crippen LogP contribution < -0.4 is 30.8 Å². The number of aliphatic hydroxyl groups excluding tert-OH is 3. The molecule has 0 aromatic heterocycles. The quantitative estimate of drug-likeness (QED) is 0.0730. The van der Waals surface area contributed by atoms with Crippen molar-refractivity contribution >= 4 is 45.9 Å². The van der Waals surface area contributed by atoms with Crippen LogP contribution in [0.3, 0.4) is 0 Å². The number of nitrogens with one attached hydrogen (secondary N) is 5. The van der Waals surface area contributed by atoms with Crippen molar-refractivity contribution in [2.24, 2.45) is 5.92 Å². The van der Waals surface area contributed by atoms with Crippen molar-refractivity contribution in [1.82, 2.24) is 26.6 Å². The molecule has 1 heterocycles. The van der Waals surface area contributed by atoms with Crippen LogP contribution in [0.5, 0.6) is 5.75 Å². The summed E-state index contributed by atoms with van der Waals surface area (Å²) in [5, 5.41) is 51.4. The first-order valence-corrected chi connectivity index (χ1v) is 16.1. The normalized spacial score (nSPS) is 22.5. The van der Waals surface area contributed by atoms with Gasteiger partial charge in [0.2, 0.25) is 29.5 Å². The number of aliphatic hydroxyl groups is 3. The Morgan fingerprint density at radius 2 is 1.47 bits per heavy atom. The third-order valence-corrected chi connectivity index (χ3v) is 7.51. The van der Waals surface area contributed by atoms with E-state index in [0.29, 0.717) is 5.56 Å². The topological polar surface area (TPSA) is 316 Å². The van der Waals surface area contributed by atoms with Gasteiger partial charge in [0.15, 0.2) is 6.23 Å². The lowest BCUT2D eigenvalue weighted by Gasteiger charge is -2.42. The van der Waals surface area contributed by atoms with Crippen molar-refractivity contribution < 1.29 is 71.1 Å². The molecule has 1 aromatic rings. The molecule has 274 valence electrons. The van der Waals surface area contributed by atoms with Crippen LogP contribution in [0.2, 0.25) is 0 Å². The molecule has 49 heavy (non-hydrogen) atoms. The minimum Gasteiger partial charge on any atom is -0.480 e. The fourth-order valence-electron chi connectivity index (χ4n) is 4.78. The summed E-state index contributed by atoms with van der Waals surface area (Å²) in [5.74, 6) is -6.67. The number of benzene rings is 1. The smallest absolute Gasteiger partial charge is 0.446 e. The van der Waals surface area contributed by atoms with E-state index in [1.165, 1.54) is 26.0 Å². The van der Waals surface area contributed by atoms with Crippen molar-refractivity contribution in [3.8, 4) is 5.75 Å². The monoisotopic (exact) mass is 719 g/mol. The number of carboxylic acid groups (broad SMARTS) is 1. The Labute approximate surface area is 280 Å². The van der Waals surface area contributed by atoms with E-state index in [2.05, 4.69) is 30.8 Å². The van der Waals surface area contributed by atoms with E-state index >= 15 is 0 Å². The Hall–Kier alpha value is -4.41. The lowest BCUT2D eigenvalue weighted by Crippen LogP contribution is -2.68. The van der Waals surface area contributed by atoms with Gasteiger partial charge in [0.05, 0.1) is 13.0 Å². The molecule has 2 rings (SSSR count). The van der Waals surface area contributed by atoms with Gasteiger partial charge in [0.1, 0.15) is 48.2 Å². The summed E-state index contributed by atoms with van der Waals surface area (Å²) in [7, 11) is -4.83. The van der Waals surface area contributed by atoms with E-state index in [1.807, 2.05) is 0 Å². The van der Waals surface area contributed by atoms with Crippen molar-refractivity contribution in [2.75, 3.05) is 6.61 Å². The van der Waals surface area contributed by atoms with Gasteiger partial charge in [0.25, 0.3) is 0 Å². The Kier molecular flexibility index (Phi) is 14.8. The van der Waals surface area contributed by atoms with E-state index < -0.39 is 114 Å². The summed E-state index contributed by atoms with van der Waals surface area (Å²) in [6.07, 6.45) is -7.32. The van der Waals surface area contributed by atoms with Crippen LogP contribution in [0.4, 0.5) is 0 Å². The van der Waals surface area contributed by atoms with Crippen LogP contribution in [-0.4, -0.2) is 124 Å². The van der Waals surface area contributed by atoms with Crippen LogP contribution in [0.15, 0.2) is 24.3 Å². The second-order valence-electron chi connectivity index (χ2n) is 11.5. The van der Waals surface area contributed by atoms with Crippen LogP contribution in [0.1, 0.15) is 39.7 Å². The third-order valence-electron chi connectivity index (χ3n) is 7.11. The summed E-state index contributed by atoms with van der Waals surface area (Å²) < 4.78 is 40.7. The van der Waals surface area contributed by atoms with Crippen molar-refractivity contribution in [3.05, 3.63) is 29.8 Å². The molecule has 8 atom stereocenters. The second kappa shape index (κ2) is 17.8. The van der Waals surface area contributed by atoms with E-state index in [9.17, 15) is 57.6 Å². The summed E-state index contributed by atoms with van der Waals surface area (Å²) in [6.45, 7) is 4.43. The van der Waals surface area contributed by atoms with Gasteiger partial charge in [0, 0.05) is 20.3 Å². The molecule has 21 heteroatoms. The molecule has 0 radical (unpaired) electrons. The molecule has 1 aliphatic rings. The Bertz CT molecular complexity index is 1470. The number of rotatable bonds is 16. The van der Waals surface area contributed by atoms with Crippen LogP contribution in [0.25, 0.3) is 0 Å². The summed E-state index contributed by atoms with van der Waals surface area (Å²) in [6, 6.07) is -1.07. The van der Waals surface area contributed by atoms with Crippen molar-refractivity contribution in [2.45, 2.75) is 89.2 Å². The number of carbonyl (C=O) groups excluding carboxylic acids is 5. The molecule has 1 aliphatic heterocycles. The maximum Gasteiger partial charge on any atom is 0.446 e. The standard InChI is InChI=1S/C28H41N5O15S/c1-12(2)21(28(42)43)33-26(41)17(9-15-5-7-16(8-6-15)48-49(44,45)46)31-25(40)18(29-13(3)35)10-20(37)32-27-22(30-14(4)36)24(39)23(38)19(11-34)47-27/h5-8,12,17-19,21-24,27,34,38-39H,9-11H2,1-4H3,(H,29,35)(H,30,36)(H,31,40)(H,32,37)(H,33,41)(H,42,43)(H,44,45,46)/t17-,18+,19-,21+,22+,23-,24+,27-/m0/s1. The Morgan fingerprint density at radius 1 is 0.878 bits per heavy atom. The Morgan fingerprint density at radius 3 is 1.96 bits per heavy atom. The minimum atomic E-state index is -4.83. The minimum absolute atomic E-state index is 0.284. The van der Waals surface area contributed by atoms with Gasteiger partial charge in [-0.15, -0.1) is 0 Å². The van der Waals surface area contributed by atoms with Gasteiger partial charge in [-0.2, -0.15) is 8.42 Å². The van der Waals surface area contributed by atoms with Crippen LogP contribution >= 0.6 is 0 Å². The van der Waals surface area contributed by atoms with E-state index in [4.69, 9.17) is 9.29 Å². The highest BCUT2D eigenvalue weighted by Crippen LogP contribution is 2.20. The van der Waals surface area contributed by atoms with Crippen molar-refractivity contribution in [1.29, 1.82) is 0 Å². The first-order chi connectivity index (χ1) is 22.7. The van der Waals surface area contributed by atoms with E-state index in [-0.39, 0.29) is 12.2 Å². The van der Waals surface area contributed by atoms with Gasteiger partial charge in [-0.1, -0.05) is 26.0 Å². The molecule has 0 saturated carbocycles. The number of hydrogen-bond acceptors (Lipinski definition) is 13. The first-order valence-electron chi connectivity index (χ1n) is 14.8. The molecule has 1 aromatic carbocycles. The molecular weight excluding hydrogens is 678 g/mol. The predicted octanol–water partition coefficient (Wildman–Crippen LogP) is -3.92. The third kappa shape index (κ3) is 12.9. The van der Waals surface area contributed by atoms with Crippen molar-refractivity contribution in [3.63, 3.8) is 0 Å². The molecule has 1 saturated heterocycles. The zero-order chi connectivity index (χ0) is 37.2. The van der Waals surface area contributed by atoms with Crippen LogP contribution in [0, 0.1) is 5.92 Å². The number of carboxylic acids is 1. The number of ether oxygens (including phenoxy) is 1. The number of aliphatic carboxylic acids is 1. The fourth-order valence-corrected chi connectivity index (χ4v) is 5.13. The average Bonchev–Trinajstić information content (AvgIpc) is 2.98. The molecule has 20 nitrogen and oxygen atoms in total. The molecule has 5 amide bonds. The van der Waals surface area contributed by atoms with Gasteiger partial charge in [-0.05, 0) is 23.6 Å². The highest BCUT2D eigenvalue weighted by atomic mass is 32.3. The van der Waals surface area contributed by atoms with E-state index in [0.717, 1.165) is 26.0 Å². The molecule has 0 unspecified atom stereocenters. The zero-order valence-corrected chi connectivity index (χ0v) is 27.7. The zero-order valence-electron chi connectivity index (χ0n) is 26.9. The Balaban J connectivity index is 2.33. The summed E-state index contributed by atoms with van der Waals surface area (Å²) >= 11 is 0. The van der Waals surface area contributed by atoms with Gasteiger partial charge in [-0.25, -0.2) is 4.79 Å². The predicted molar refractivity (Wildman–Crippen MR) is 164 cm³/mol. The lowest BCUT2D eigenvalue weighted by atomic mass is 9.95. The number of carbonyl (C=O) groups is 6.